The molecule has 0 bridgehead atoms. The van der Waals surface area contributed by atoms with Gasteiger partial charge >= 0.3 is 0 Å². The number of carbonyl (C=O) groups is 1. The van der Waals surface area contributed by atoms with Crippen LogP contribution in [0.4, 0.5) is 0 Å². The molecule has 1 heterocycles. The number of pyridine rings is 1. The number of aryl methyl sites for hydroxylation is 1. The first-order valence-electron chi connectivity index (χ1n) is 9.21. The van der Waals surface area contributed by atoms with Crippen molar-refractivity contribution in [1.82, 2.24) is 9.88 Å². The molecule has 3 rings (SSSR count). The lowest BCUT2D eigenvalue weighted by molar-refractivity contribution is 0.0706. The Labute approximate surface area is 168 Å². The van der Waals surface area contributed by atoms with Crippen LogP contribution in [0.25, 0.3) is 10.9 Å². The first kappa shape index (κ1) is 20.4. The van der Waals surface area contributed by atoms with Gasteiger partial charge in [-0.15, -0.1) is 0 Å². The van der Waals surface area contributed by atoms with E-state index in [4.69, 9.17) is 9.47 Å². The lowest BCUT2D eigenvalue weighted by Crippen LogP contribution is -2.35. The molecule has 0 fully saturated rings. The molecule has 0 aliphatic rings. The zero-order valence-electron chi connectivity index (χ0n) is 16.7. The molecule has 0 spiro atoms. The van der Waals surface area contributed by atoms with E-state index in [1.54, 1.807) is 24.3 Å². The summed E-state index contributed by atoms with van der Waals surface area (Å²) in [5.74, 6) is 0.631. The molecule has 0 aliphatic carbocycles. The van der Waals surface area contributed by atoms with Crippen molar-refractivity contribution in [3.05, 3.63) is 69.5 Å². The van der Waals surface area contributed by atoms with Gasteiger partial charge in [-0.1, -0.05) is 11.6 Å². The fourth-order valence-corrected chi connectivity index (χ4v) is 3.18. The molecule has 0 saturated heterocycles. The standard InChI is InChI=1S/C22H24N2O5/c1-14-4-5-20-15(8-14)9-17(21(26)23-20)13-24(6-7-25)22(27)16-10-18(28-2)12-19(11-16)29-3/h4-5,8-12,25H,6-7,13H2,1-3H3,(H,23,26). The maximum Gasteiger partial charge on any atom is 0.254 e. The third kappa shape index (κ3) is 4.57. The van der Waals surface area contributed by atoms with Crippen LogP contribution in [0.15, 0.2) is 47.3 Å². The van der Waals surface area contributed by atoms with Crippen LogP contribution in [0.2, 0.25) is 0 Å². The zero-order valence-corrected chi connectivity index (χ0v) is 16.7. The summed E-state index contributed by atoms with van der Waals surface area (Å²) in [6.45, 7) is 1.90. The highest BCUT2D eigenvalue weighted by atomic mass is 16.5. The second-order valence-corrected chi connectivity index (χ2v) is 6.77. The monoisotopic (exact) mass is 396 g/mol. The number of fused-ring (bicyclic) bond motifs is 1. The number of aromatic nitrogens is 1. The Morgan fingerprint density at radius 3 is 2.38 bits per heavy atom. The van der Waals surface area contributed by atoms with Crippen LogP contribution in [0, 0.1) is 6.92 Å². The Bertz CT molecular complexity index is 1070. The van der Waals surface area contributed by atoms with Crippen molar-refractivity contribution in [3.8, 4) is 11.5 Å². The number of nitrogens with one attached hydrogen (secondary N) is 1. The summed E-state index contributed by atoms with van der Waals surface area (Å²) in [6.07, 6.45) is 0. The van der Waals surface area contributed by atoms with E-state index < -0.39 is 0 Å². The summed E-state index contributed by atoms with van der Waals surface area (Å²) in [4.78, 5) is 29.9. The van der Waals surface area contributed by atoms with Gasteiger partial charge < -0.3 is 24.5 Å². The summed E-state index contributed by atoms with van der Waals surface area (Å²) >= 11 is 0. The minimum atomic E-state index is -0.333. The minimum Gasteiger partial charge on any atom is -0.497 e. The van der Waals surface area contributed by atoms with Crippen LogP contribution in [0.5, 0.6) is 11.5 Å². The van der Waals surface area contributed by atoms with Crippen LogP contribution in [0.3, 0.4) is 0 Å². The predicted octanol–water partition coefficient (Wildman–Crippen LogP) is 2.49. The highest BCUT2D eigenvalue weighted by Crippen LogP contribution is 2.24. The maximum absolute atomic E-state index is 13.1. The number of aliphatic hydroxyl groups excluding tert-OH is 1. The van der Waals surface area contributed by atoms with Gasteiger partial charge in [-0.3, -0.25) is 9.59 Å². The lowest BCUT2D eigenvalue weighted by Gasteiger charge is -2.22. The van der Waals surface area contributed by atoms with Crippen molar-refractivity contribution < 1.29 is 19.4 Å². The Morgan fingerprint density at radius 1 is 1.07 bits per heavy atom. The summed E-state index contributed by atoms with van der Waals surface area (Å²) in [5.41, 5.74) is 2.34. The molecule has 7 heteroatoms. The molecule has 3 aromatic rings. The summed E-state index contributed by atoms with van der Waals surface area (Å²) in [5, 5.41) is 10.3. The molecular weight excluding hydrogens is 372 g/mol. The molecular formula is C22H24N2O5. The van der Waals surface area contributed by atoms with E-state index in [1.165, 1.54) is 19.1 Å². The Hall–Kier alpha value is -3.32. The molecule has 7 nitrogen and oxygen atoms in total. The van der Waals surface area contributed by atoms with E-state index in [-0.39, 0.29) is 31.2 Å². The number of hydrogen-bond acceptors (Lipinski definition) is 5. The number of amides is 1. The van der Waals surface area contributed by atoms with Gasteiger partial charge in [0.15, 0.2) is 0 Å². The van der Waals surface area contributed by atoms with Gasteiger partial charge in [0.2, 0.25) is 0 Å². The van der Waals surface area contributed by atoms with Crippen LogP contribution in [-0.2, 0) is 6.54 Å². The number of rotatable bonds is 7. The van der Waals surface area contributed by atoms with Gasteiger partial charge in [0, 0.05) is 29.3 Å². The van der Waals surface area contributed by atoms with Crippen LogP contribution in [-0.4, -0.2) is 48.3 Å². The second-order valence-electron chi connectivity index (χ2n) is 6.77. The summed E-state index contributed by atoms with van der Waals surface area (Å²) in [6, 6.07) is 12.4. The highest BCUT2D eigenvalue weighted by Gasteiger charge is 2.19. The van der Waals surface area contributed by atoms with Crippen molar-refractivity contribution in [2.75, 3.05) is 27.4 Å². The van der Waals surface area contributed by atoms with Gasteiger partial charge in [0.05, 0.1) is 27.4 Å². The average Bonchev–Trinajstić information content (AvgIpc) is 2.73. The molecule has 0 aliphatic heterocycles. The van der Waals surface area contributed by atoms with Gasteiger partial charge in [0.1, 0.15) is 11.5 Å². The fraction of sp³-hybridized carbons (Fsp3) is 0.273. The smallest absolute Gasteiger partial charge is 0.254 e. The van der Waals surface area contributed by atoms with E-state index in [9.17, 15) is 14.7 Å². The third-order valence-electron chi connectivity index (χ3n) is 4.69. The zero-order chi connectivity index (χ0) is 21.0. The quantitative estimate of drug-likeness (QED) is 0.640. The molecule has 0 saturated carbocycles. The molecule has 0 radical (unpaired) electrons. The van der Waals surface area contributed by atoms with Crippen LogP contribution >= 0.6 is 0 Å². The number of aromatic amines is 1. The Morgan fingerprint density at radius 2 is 1.76 bits per heavy atom. The van der Waals surface area contributed by atoms with Crippen LogP contribution in [0.1, 0.15) is 21.5 Å². The fourth-order valence-electron chi connectivity index (χ4n) is 3.18. The van der Waals surface area contributed by atoms with E-state index in [2.05, 4.69) is 4.98 Å². The molecule has 152 valence electrons. The largest absolute Gasteiger partial charge is 0.497 e. The minimum absolute atomic E-state index is 0.0676. The van der Waals surface area contributed by atoms with E-state index in [0.717, 1.165) is 16.5 Å². The van der Waals surface area contributed by atoms with Crippen molar-refractivity contribution in [2.45, 2.75) is 13.5 Å². The van der Waals surface area contributed by atoms with Gasteiger partial charge in [-0.2, -0.15) is 0 Å². The SMILES string of the molecule is COc1cc(OC)cc(C(=O)N(CCO)Cc2cc3cc(C)ccc3[nH]c2=O)c1. The molecule has 29 heavy (non-hydrogen) atoms. The average molecular weight is 396 g/mol. The van der Waals surface area contributed by atoms with Crippen LogP contribution < -0.4 is 15.0 Å². The van der Waals surface area contributed by atoms with Crippen molar-refractivity contribution in [2.24, 2.45) is 0 Å². The number of aliphatic hydroxyl groups is 1. The molecule has 2 N–H and O–H groups in total. The molecule has 1 amide bonds. The third-order valence-corrected chi connectivity index (χ3v) is 4.69. The van der Waals surface area contributed by atoms with Gasteiger partial charge in [0.25, 0.3) is 11.5 Å². The van der Waals surface area contributed by atoms with Gasteiger partial charge in [-0.25, -0.2) is 0 Å². The van der Waals surface area contributed by atoms with Crippen molar-refractivity contribution in [3.63, 3.8) is 0 Å². The number of benzene rings is 2. The van der Waals surface area contributed by atoms with Gasteiger partial charge in [-0.05, 0) is 42.6 Å². The molecule has 1 aromatic heterocycles. The highest BCUT2D eigenvalue weighted by molar-refractivity contribution is 5.95. The number of methoxy groups -OCH3 is 2. The summed E-state index contributed by atoms with van der Waals surface area (Å²) < 4.78 is 10.5. The molecule has 2 aromatic carbocycles. The number of nitrogens with zero attached hydrogens (tertiary/aromatic N) is 1. The normalized spacial score (nSPS) is 10.8. The number of ether oxygens (including phenoxy) is 2. The Kier molecular flexibility index (Phi) is 6.19. The van der Waals surface area contributed by atoms with E-state index in [0.29, 0.717) is 22.6 Å². The Balaban J connectivity index is 1.96. The van der Waals surface area contributed by atoms with E-state index >= 15 is 0 Å². The molecule has 0 atom stereocenters. The number of carbonyl (C=O) groups excluding carboxylic acids is 1. The first-order chi connectivity index (χ1) is 13.9. The number of hydrogen-bond donors (Lipinski definition) is 2. The topological polar surface area (TPSA) is 91.9 Å². The second kappa shape index (κ2) is 8.79. The number of H-pyrrole nitrogens is 1. The predicted molar refractivity (Wildman–Crippen MR) is 111 cm³/mol. The van der Waals surface area contributed by atoms with E-state index in [1.807, 2.05) is 25.1 Å². The maximum atomic E-state index is 13.1. The molecule has 0 unspecified atom stereocenters. The van der Waals surface area contributed by atoms with Crippen molar-refractivity contribution in [1.29, 1.82) is 0 Å². The first-order valence-corrected chi connectivity index (χ1v) is 9.21. The summed E-state index contributed by atoms with van der Waals surface area (Å²) in [7, 11) is 3.01. The lowest BCUT2D eigenvalue weighted by atomic mass is 10.1. The van der Waals surface area contributed by atoms with Crippen molar-refractivity contribution >= 4 is 16.8 Å².